The quantitative estimate of drug-likeness (QED) is 0.0700. The minimum absolute atomic E-state index is 0. The monoisotopic (exact) mass is 719 g/mol. The van der Waals surface area contributed by atoms with Crippen molar-refractivity contribution in [2.75, 3.05) is 26.9 Å². The number of ether oxygens (including phenoxy) is 6. The van der Waals surface area contributed by atoms with Crippen LogP contribution in [0.5, 0.6) is 0 Å². The molecule has 0 bridgehead atoms. The Morgan fingerprint density at radius 2 is 1.70 bits per heavy atom. The number of nitrogens with zero attached hydrogens (tertiary/aromatic N) is 1. The molecule has 3 aliphatic heterocycles. The maximum Gasteiger partial charge on any atom is 0.364 e. The first-order valence-corrected chi connectivity index (χ1v) is 13.1. The van der Waals surface area contributed by atoms with E-state index in [9.17, 15) is 55.9 Å². The Hall–Kier alpha value is -0.736. The van der Waals surface area contributed by atoms with E-state index in [1.54, 1.807) is 0 Å². The number of carboxylic acid groups (broad SMARTS) is 1. The molecule has 15 atom stereocenters. The Bertz CT molecular complexity index is 915. The van der Waals surface area contributed by atoms with Gasteiger partial charge in [-0.1, -0.05) is 6.92 Å². The molecular formula is C24H40NO18Y-. The summed E-state index contributed by atoms with van der Waals surface area (Å²) in [6.07, 6.45) is -18.8. The average Bonchev–Trinajstić information content (AvgIpc) is 2.98. The van der Waals surface area contributed by atoms with Crippen LogP contribution in [-0.4, -0.2) is 175 Å². The van der Waals surface area contributed by atoms with Gasteiger partial charge in [0.1, 0.15) is 42.7 Å². The fourth-order valence-corrected chi connectivity index (χ4v) is 4.83. The Morgan fingerprint density at radius 1 is 1.09 bits per heavy atom. The van der Waals surface area contributed by atoms with Crippen LogP contribution in [0, 0.1) is 23.9 Å². The molecular weight excluding hydrogens is 679 g/mol. The summed E-state index contributed by atoms with van der Waals surface area (Å²) < 4.78 is 32.5. The molecule has 0 aliphatic carbocycles. The predicted octanol–water partition coefficient (Wildman–Crippen LogP) is -5.76. The maximum atomic E-state index is 12.2. The van der Waals surface area contributed by atoms with Crippen molar-refractivity contribution in [2.24, 2.45) is 5.92 Å². The Morgan fingerprint density at radius 3 is 2.23 bits per heavy atom. The number of aliphatic hydroxyl groups excluding tert-OH is 10. The largest absolute Gasteiger partial charge is 0.477 e. The Balaban J connectivity index is 0.00000232. The number of carbonyl (C=O) groups is 1. The Labute approximate surface area is 276 Å². The summed E-state index contributed by atoms with van der Waals surface area (Å²) in [5.74, 6) is -5.24. The summed E-state index contributed by atoms with van der Waals surface area (Å²) in [6, 6.07) is 0. The van der Waals surface area contributed by atoms with Crippen LogP contribution in [0.4, 0.5) is 0 Å². The fraction of sp³-hybridized carbons (Fsp3) is 0.875. The van der Waals surface area contributed by atoms with Crippen LogP contribution < -0.4 is 0 Å². The normalized spacial score (nSPS) is 42.0. The number of rotatable bonds is 11. The molecule has 253 valence electrons. The van der Waals surface area contributed by atoms with Crippen LogP contribution in [0.15, 0.2) is 0 Å². The molecule has 11 N–H and O–H groups in total. The molecule has 0 amide bonds. The van der Waals surface area contributed by atoms with Gasteiger partial charge in [-0.25, -0.2) is 11.2 Å². The number of hydrogen-bond donors (Lipinski definition) is 11. The molecule has 0 aromatic carbocycles. The number of aliphatic hydroxyl groups is 10. The van der Waals surface area contributed by atoms with Crippen LogP contribution in [0.3, 0.4) is 0 Å². The second-order valence-corrected chi connectivity index (χ2v) is 10.2. The van der Waals surface area contributed by atoms with Crippen molar-refractivity contribution < 1.29 is 122 Å². The molecule has 44 heavy (non-hydrogen) atoms. The van der Waals surface area contributed by atoms with Gasteiger partial charge in [0, 0.05) is 58.4 Å². The third-order valence-electron chi connectivity index (χ3n) is 7.39. The van der Waals surface area contributed by atoms with Crippen LogP contribution >= 0.6 is 0 Å². The summed E-state index contributed by atoms with van der Waals surface area (Å²) in [6.45, 7) is -0.893. The molecule has 3 aliphatic rings. The molecule has 0 aromatic heterocycles. The van der Waals surface area contributed by atoms with Crippen molar-refractivity contribution in [3.63, 3.8) is 0 Å². The van der Waals surface area contributed by atoms with E-state index in [1.807, 2.05) is 0 Å². The van der Waals surface area contributed by atoms with E-state index in [-0.39, 0.29) is 32.7 Å². The summed E-state index contributed by atoms with van der Waals surface area (Å²) in [7, 11) is 1.30. The van der Waals surface area contributed by atoms with Gasteiger partial charge in [-0.3, -0.25) is 0 Å². The van der Waals surface area contributed by atoms with Crippen LogP contribution in [0.1, 0.15) is 13.3 Å². The number of hydrogen-bond acceptors (Lipinski definition) is 18. The van der Waals surface area contributed by atoms with Crippen molar-refractivity contribution in [1.82, 2.24) is 0 Å². The minimum Gasteiger partial charge on any atom is -0.477 e. The standard InChI is InChI=1S/C23H39O17.CHNO.Y/c1-8-10(27)4-23(22(33)34,40-19(8)15(29)11(28)5-24)36-7-13-16(30)17(31)18(32)21(38-13)39-20-9(26)3-14(35-2)37-12(20)6-25;2-1-3;/h3,8-21,24-32H,4-7H2,1-2H3,(H,33,34);3H;/q-1;;/t8-,9-,10-,11-,12?,13?,14?,15-,16+,17+,18?,19?,20+,21+,23-;;/m1../s1. The van der Waals surface area contributed by atoms with Gasteiger partial charge >= 0.3 is 5.97 Å². The van der Waals surface area contributed by atoms with E-state index in [4.69, 9.17) is 38.8 Å². The third kappa shape index (κ3) is 9.65. The molecule has 19 nitrogen and oxygen atoms in total. The average molecular weight is 719 g/mol. The second-order valence-electron chi connectivity index (χ2n) is 10.2. The maximum absolute atomic E-state index is 12.2. The van der Waals surface area contributed by atoms with E-state index in [1.165, 1.54) is 20.5 Å². The van der Waals surface area contributed by atoms with Crippen molar-refractivity contribution >= 4 is 5.97 Å². The van der Waals surface area contributed by atoms with Gasteiger partial charge in [-0.05, 0) is 6.10 Å². The first kappa shape index (κ1) is 41.3. The SMILES string of the molecule is COC1[CH-][C@@H](O)[C@H](O[C@@H]2OC(CO[C@]3(C(=O)O)C[C@@H](O)[C@@H](C)C([C@H](O)[C@H](O)CO)O3)[C@H](O)[C@H](O)C2O)C(CO)O1.N#CO.[Y]. The minimum atomic E-state index is -2.62. The molecule has 0 saturated carbocycles. The first-order valence-electron chi connectivity index (χ1n) is 13.1. The fourth-order valence-electron chi connectivity index (χ4n) is 4.83. The van der Waals surface area contributed by atoms with Gasteiger partial charge in [0.25, 0.3) is 12.0 Å². The number of aliphatic carboxylic acids is 1. The summed E-state index contributed by atoms with van der Waals surface area (Å²) in [5, 5.41) is 115. The molecule has 3 fully saturated rings. The van der Waals surface area contributed by atoms with Crippen LogP contribution in [0.25, 0.3) is 0 Å². The molecule has 1 radical (unpaired) electrons. The molecule has 20 heteroatoms. The van der Waals surface area contributed by atoms with Gasteiger partial charge in [-0.2, -0.15) is 5.26 Å². The topological polar surface area (TPSA) is 319 Å². The van der Waals surface area contributed by atoms with E-state index in [0.29, 0.717) is 0 Å². The van der Waals surface area contributed by atoms with E-state index in [0.717, 1.165) is 6.26 Å². The Kier molecular flexibility index (Phi) is 17.4. The first-order chi connectivity index (χ1) is 20.2. The molecule has 0 aromatic rings. The summed E-state index contributed by atoms with van der Waals surface area (Å²) in [5.41, 5.74) is 0. The third-order valence-corrected chi connectivity index (χ3v) is 7.39. The molecule has 5 unspecified atom stereocenters. The van der Waals surface area contributed by atoms with E-state index < -0.39 is 124 Å². The molecule has 3 heterocycles. The number of carboxylic acids is 1. The van der Waals surface area contributed by atoms with Gasteiger partial charge < -0.3 is 84.6 Å². The predicted molar refractivity (Wildman–Crippen MR) is 132 cm³/mol. The molecule has 3 saturated heterocycles. The number of nitriles is 1. The zero-order valence-corrected chi connectivity index (χ0v) is 26.6. The smallest absolute Gasteiger partial charge is 0.364 e. The van der Waals surface area contributed by atoms with E-state index >= 15 is 0 Å². The van der Waals surface area contributed by atoms with Gasteiger partial charge in [0.15, 0.2) is 6.29 Å². The summed E-state index contributed by atoms with van der Waals surface area (Å²) in [4.78, 5) is 12.2. The number of methoxy groups -OCH3 is 1. The molecule has 0 spiro atoms. The van der Waals surface area contributed by atoms with Gasteiger partial charge in [0.2, 0.25) is 0 Å². The van der Waals surface area contributed by atoms with Crippen molar-refractivity contribution in [2.45, 2.75) is 98.9 Å². The van der Waals surface area contributed by atoms with Gasteiger partial charge in [0.05, 0.1) is 38.1 Å². The van der Waals surface area contributed by atoms with Crippen molar-refractivity contribution in [3.8, 4) is 6.26 Å². The second kappa shape index (κ2) is 18.6. The van der Waals surface area contributed by atoms with Crippen LogP contribution in [0.2, 0.25) is 0 Å². The molecule has 3 rings (SSSR count). The van der Waals surface area contributed by atoms with Gasteiger partial charge in [-0.15, -0.1) is 0 Å². The van der Waals surface area contributed by atoms with Crippen molar-refractivity contribution in [1.29, 1.82) is 5.26 Å². The van der Waals surface area contributed by atoms with Crippen LogP contribution in [-0.2, 0) is 65.9 Å². The zero-order chi connectivity index (χ0) is 32.6. The van der Waals surface area contributed by atoms with E-state index in [2.05, 4.69) is 0 Å². The van der Waals surface area contributed by atoms with Crippen molar-refractivity contribution in [3.05, 3.63) is 6.42 Å². The summed E-state index contributed by atoms with van der Waals surface area (Å²) >= 11 is 0. The zero-order valence-electron chi connectivity index (χ0n) is 23.8.